The molecule has 1 aliphatic heterocycles. The average Bonchev–Trinajstić information content (AvgIpc) is 3.24. The Hall–Kier alpha value is -3.63. The summed E-state index contributed by atoms with van der Waals surface area (Å²) in [7, 11) is 0. The maximum absolute atomic E-state index is 12.4. The molecule has 0 radical (unpaired) electrons. The van der Waals surface area contributed by atoms with Gasteiger partial charge in [-0.05, 0) is 48.9 Å². The molecule has 1 fully saturated rings. The zero-order valence-electron chi connectivity index (χ0n) is 19.9. The van der Waals surface area contributed by atoms with Crippen LogP contribution in [0.5, 0.6) is 0 Å². The summed E-state index contributed by atoms with van der Waals surface area (Å²) >= 11 is 11.8. The standard InChI is InChI=1S/C25H25Cl2N3O7/c1-2-3-10-36-24(34)15-4-7-18(8-5-15)28-21(31)14-37-25(35)17-12-22(32)30(13-17)29-23(33)16-6-9-19(26)20(27)11-16/h4-9,11,17H,2-3,10,12-14H2,1H3,(H,28,31)(H,29,33)/t17-/m0/s1. The highest BCUT2D eigenvalue weighted by molar-refractivity contribution is 6.42. The van der Waals surface area contributed by atoms with Crippen molar-refractivity contribution in [2.45, 2.75) is 26.2 Å². The summed E-state index contributed by atoms with van der Waals surface area (Å²) in [6, 6.07) is 10.3. The molecular weight excluding hydrogens is 525 g/mol. The van der Waals surface area contributed by atoms with Gasteiger partial charge in [-0.2, -0.15) is 0 Å². The second-order valence-corrected chi connectivity index (χ2v) is 9.01. The van der Waals surface area contributed by atoms with E-state index in [1.165, 1.54) is 42.5 Å². The van der Waals surface area contributed by atoms with E-state index in [1.54, 1.807) is 0 Å². The first kappa shape index (κ1) is 27.9. The van der Waals surface area contributed by atoms with Crippen LogP contribution in [-0.4, -0.2) is 54.4 Å². The summed E-state index contributed by atoms with van der Waals surface area (Å²) in [5, 5.41) is 4.04. The molecule has 3 amide bonds. The minimum absolute atomic E-state index is 0.109. The third-order valence-electron chi connectivity index (χ3n) is 5.36. The van der Waals surface area contributed by atoms with E-state index in [2.05, 4.69) is 10.7 Å². The van der Waals surface area contributed by atoms with Crippen LogP contribution in [0.15, 0.2) is 42.5 Å². The predicted molar refractivity (Wildman–Crippen MR) is 135 cm³/mol. The van der Waals surface area contributed by atoms with Crippen molar-refractivity contribution in [3.63, 3.8) is 0 Å². The van der Waals surface area contributed by atoms with Gasteiger partial charge in [-0.25, -0.2) is 4.79 Å². The smallest absolute Gasteiger partial charge is 0.338 e. The first-order valence-corrected chi connectivity index (χ1v) is 12.2. The summed E-state index contributed by atoms with van der Waals surface area (Å²) in [4.78, 5) is 61.1. The first-order valence-electron chi connectivity index (χ1n) is 11.5. The monoisotopic (exact) mass is 549 g/mol. The number of anilines is 1. The number of carbonyl (C=O) groups is 5. The van der Waals surface area contributed by atoms with Gasteiger partial charge in [-0.15, -0.1) is 0 Å². The van der Waals surface area contributed by atoms with Crippen molar-refractivity contribution in [1.82, 2.24) is 10.4 Å². The minimum atomic E-state index is -0.854. The Morgan fingerprint density at radius 1 is 1.00 bits per heavy atom. The number of nitrogens with zero attached hydrogens (tertiary/aromatic N) is 1. The zero-order chi connectivity index (χ0) is 26.9. The number of carbonyl (C=O) groups excluding carboxylic acids is 5. The summed E-state index contributed by atoms with van der Waals surface area (Å²) in [5.41, 5.74) is 3.36. The number of hydrogen-bond acceptors (Lipinski definition) is 7. The number of unbranched alkanes of at least 4 members (excludes halogenated alkanes) is 1. The summed E-state index contributed by atoms with van der Waals surface area (Å²) in [6.45, 7) is 1.65. The van der Waals surface area contributed by atoms with E-state index in [1.807, 2.05) is 6.92 Å². The van der Waals surface area contributed by atoms with Gasteiger partial charge < -0.3 is 14.8 Å². The topological polar surface area (TPSA) is 131 Å². The van der Waals surface area contributed by atoms with Crippen LogP contribution < -0.4 is 10.7 Å². The number of amides is 3. The molecule has 1 atom stereocenters. The largest absolute Gasteiger partial charge is 0.462 e. The third kappa shape index (κ3) is 7.93. The zero-order valence-corrected chi connectivity index (χ0v) is 21.4. The van der Waals surface area contributed by atoms with Gasteiger partial charge in [0.2, 0.25) is 5.91 Å². The van der Waals surface area contributed by atoms with Crippen LogP contribution >= 0.6 is 23.2 Å². The van der Waals surface area contributed by atoms with E-state index in [4.69, 9.17) is 32.7 Å². The minimum Gasteiger partial charge on any atom is -0.462 e. The van der Waals surface area contributed by atoms with Crippen molar-refractivity contribution in [1.29, 1.82) is 0 Å². The normalized spacial score (nSPS) is 14.7. The highest BCUT2D eigenvalue weighted by atomic mass is 35.5. The van der Waals surface area contributed by atoms with Gasteiger partial charge in [0.25, 0.3) is 11.8 Å². The van der Waals surface area contributed by atoms with E-state index in [0.29, 0.717) is 17.9 Å². The number of ether oxygens (including phenoxy) is 2. The molecule has 12 heteroatoms. The van der Waals surface area contributed by atoms with Crippen LogP contribution in [0.2, 0.25) is 10.0 Å². The lowest BCUT2D eigenvalue weighted by atomic mass is 10.1. The van der Waals surface area contributed by atoms with Crippen molar-refractivity contribution in [3.8, 4) is 0 Å². The van der Waals surface area contributed by atoms with Crippen LogP contribution in [0.25, 0.3) is 0 Å². The number of rotatable bonds is 10. The second-order valence-electron chi connectivity index (χ2n) is 8.20. The van der Waals surface area contributed by atoms with Gasteiger partial charge in [0.1, 0.15) is 0 Å². The van der Waals surface area contributed by atoms with Crippen molar-refractivity contribution >= 4 is 58.5 Å². The summed E-state index contributed by atoms with van der Waals surface area (Å²) in [6.07, 6.45) is 1.51. The summed E-state index contributed by atoms with van der Waals surface area (Å²) in [5.74, 6) is -3.73. The molecule has 0 aromatic heterocycles. The molecule has 1 heterocycles. The molecule has 0 saturated carbocycles. The lowest BCUT2D eigenvalue weighted by Gasteiger charge is -2.17. The molecule has 0 unspecified atom stereocenters. The fraction of sp³-hybridized carbons (Fsp3) is 0.320. The molecular formula is C25H25Cl2N3O7. The van der Waals surface area contributed by atoms with E-state index < -0.39 is 42.2 Å². The quantitative estimate of drug-likeness (QED) is 0.341. The van der Waals surface area contributed by atoms with Crippen molar-refractivity contribution in [2.75, 3.05) is 25.1 Å². The molecule has 2 aromatic carbocycles. The number of hydrazine groups is 1. The van der Waals surface area contributed by atoms with Crippen molar-refractivity contribution in [3.05, 3.63) is 63.6 Å². The Balaban J connectivity index is 1.44. The Kier molecular flexibility index (Phi) is 9.87. The summed E-state index contributed by atoms with van der Waals surface area (Å²) < 4.78 is 10.2. The van der Waals surface area contributed by atoms with E-state index in [-0.39, 0.29) is 28.6 Å². The molecule has 37 heavy (non-hydrogen) atoms. The van der Waals surface area contributed by atoms with Crippen LogP contribution in [-0.2, 0) is 23.9 Å². The van der Waals surface area contributed by atoms with E-state index in [9.17, 15) is 24.0 Å². The van der Waals surface area contributed by atoms with Gasteiger partial charge in [-0.3, -0.25) is 29.6 Å². The Bertz CT molecular complexity index is 1190. The maximum Gasteiger partial charge on any atom is 0.338 e. The van der Waals surface area contributed by atoms with Crippen LogP contribution in [0.3, 0.4) is 0 Å². The number of esters is 2. The fourth-order valence-electron chi connectivity index (χ4n) is 3.33. The van der Waals surface area contributed by atoms with Gasteiger partial charge >= 0.3 is 11.9 Å². The number of halogens is 2. The number of benzene rings is 2. The lowest BCUT2D eigenvalue weighted by molar-refractivity contribution is -0.151. The number of nitrogens with one attached hydrogen (secondary N) is 2. The maximum atomic E-state index is 12.4. The lowest BCUT2D eigenvalue weighted by Crippen LogP contribution is -2.43. The molecule has 1 aliphatic rings. The Labute approximate surface area is 223 Å². The van der Waals surface area contributed by atoms with Gasteiger partial charge in [0.15, 0.2) is 6.61 Å². The van der Waals surface area contributed by atoms with Crippen LogP contribution in [0, 0.1) is 5.92 Å². The van der Waals surface area contributed by atoms with Crippen molar-refractivity contribution < 1.29 is 33.4 Å². The van der Waals surface area contributed by atoms with Crippen LogP contribution in [0.1, 0.15) is 46.9 Å². The molecule has 1 saturated heterocycles. The van der Waals surface area contributed by atoms with Gasteiger partial charge in [-0.1, -0.05) is 36.5 Å². The van der Waals surface area contributed by atoms with Crippen LogP contribution in [0.4, 0.5) is 5.69 Å². The Morgan fingerprint density at radius 2 is 1.70 bits per heavy atom. The molecule has 0 spiro atoms. The third-order valence-corrected chi connectivity index (χ3v) is 6.10. The van der Waals surface area contributed by atoms with E-state index in [0.717, 1.165) is 17.9 Å². The fourth-order valence-corrected chi connectivity index (χ4v) is 3.63. The van der Waals surface area contributed by atoms with E-state index >= 15 is 0 Å². The first-order chi connectivity index (χ1) is 17.7. The van der Waals surface area contributed by atoms with Gasteiger partial charge in [0, 0.05) is 17.7 Å². The highest BCUT2D eigenvalue weighted by Crippen LogP contribution is 2.23. The SMILES string of the molecule is CCCCOC(=O)c1ccc(NC(=O)COC(=O)[C@H]2CC(=O)N(NC(=O)c3ccc(Cl)c(Cl)c3)C2)cc1. The second kappa shape index (κ2) is 13.1. The molecule has 3 rings (SSSR count). The molecule has 0 aliphatic carbocycles. The van der Waals surface area contributed by atoms with Gasteiger partial charge in [0.05, 0.1) is 34.7 Å². The molecule has 2 aromatic rings. The predicted octanol–water partition coefficient (Wildman–Crippen LogP) is 3.63. The molecule has 2 N–H and O–H groups in total. The average molecular weight is 550 g/mol. The highest BCUT2D eigenvalue weighted by Gasteiger charge is 2.36. The number of hydrogen-bond donors (Lipinski definition) is 2. The van der Waals surface area contributed by atoms with Crippen molar-refractivity contribution in [2.24, 2.45) is 5.92 Å². The Morgan fingerprint density at radius 3 is 2.38 bits per heavy atom. The molecule has 0 bridgehead atoms. The molecule has 10 nitrogen and oxygen atoms in total. The molecule has 196 valence electrons.